The maximum absolute atomic E-state index is 12.6. The predicted octanol–water partition coefficient (Wildman–Crippen LogP) is 3.55. The number of thioether (sulfide) groups is 1. The maximum Gasteiger partial charge on any atom is 0.251 e. The van der Waals surface area contributed by atoms with Crippen molar-refractivity contribution in [3.05, 3.63) is 46.8 Å². The molecule has 2 amide bonds. The van der Waals surface area contributed by atoms with Crippen molar-refractivity contribution >= 4 is 39.9 Å². The Morgan fingerprint density at radius 1 is 1.29 bits per heavy atom. The minimum Gasteiger partial charge on any atom is -0.366 e. The molecule has 0 spiro atoms. The molecule has 0 saturated heterocycles. The van der Waals surface area contributed by atoms with E-state index >= 15 is 0 Å². The van der Waals surface area contributed by atoms with Crippen LogP contribution in [0.15, 0.2) is 40.9 Å². The van der Waals surface area contributed by atoms with Gasteiger partial charge >= 0.3 is 0 Å². The lowest BCUT2D eigenvalue weighted by Crippen LogP contribution is -2.24. The van der Waals surface area contributed by atoms with Gasteiger partial charge in [0.1, 0.15) is 5.00 Å². The Morgan fingerprint density at radius 3 is 2.71 bits per heavy atom. The SMILES string of the molecule is CCn1c(S[C@@H](C)C(=O)Nc2sccc2C(N)=O)nnc1-c1ccccc1C. The van der Waals surface area contributed by atoms with Crippen LogP contribution in [0.3, 0.4) is 0 Å². The average molecular weight is 416 g/mol. The second-order valence-corrected chi connectivity index (χ2v) is 8.37. The molecule has 0 unspecified atom stereocenters. The van der Waals surface area contributed by atoms with Crippen LogP contribution < -0.4 is 11.1 Å². The molecular weight excluding hydrogens is 394 g/mol. The third-order valence-electron chi connectivity index (χ3n) is 4.24. The number of primary amides is 1. The van der Waals surface area contributed by atoms with Gasteiger partial charge in [0.15, 0.2) is 11.0 Å². The highest BCUT2D eigenvalue weighted by Crippen LogP contribution is 2.29. The number of nitrogens with one attached hydrogen (secondary N) is 1. The largest absolute Gasteiger partial charge is 0.366 e. The van der Waals surface area contributed by atoms with Gasteiger partial charge < -0.3 is 15.6 Å². The number of carbonyl (C=O) groups excluding carboxylic acids is 2. The average Bonchev–Trinajstić information content (AvgIpc) is 3.28. The normalized spacial score (nSPS) is 12.0. The molecular formula is C19H21N5O2S2. The number of nitrogens with zero attached hydrogens (tertiary/aromatic N) is 3. The quantitative estimate of drug-likeness (QED) is 0.575. The van der Waals surface area contributed by atoms with E-state index < -0.39 is 11.2 Å². The summed E-state index contributed by atoms with van der Waals surface area (Å²) in [4.78, 5) is 24.0. The molecule has 1 aromatic carbocycles. The van der Waals surface area contributed by atoms with Gasteiger partial charge in [0.05, 0.1) is 10.8 Å². The highest BCUT2D eigenvalue weighted by molar-refractivity contribution is 8.00. The van der Waals surface area contributed by atoms with Crippen LogP contribution in [0, 0.1) is 6.92 Å². The number of amides is 2. The van der Waals surface area contributed by atoms with Crippen molar-refractivity contribution in [3.63, 3.8) is 0 Å². The van der Waals surface area contributed by atoms with Gasteiger partial charge in [-0.1, -0.05) is 36.0 Å². The van der Waals surface area contributed by atoms with Crippen molar-refractivity contribution in [3.8, 4) is 11.4 Å². The molecule has 2 aromatic heterocycles. The van der Waals surface area contributed by atoms with E-state index in [0.29, 0.717) is 22.3 Å². The number of aryl methyl sites for hydroxylation is 1. The standard InChI is InChI=1S/C19H21N5O2S2/c1-4-24-16(13-8-6-5-7-11(13)2)22-23-19(24)28-12(3)17(26)21-18-14(15(20)25)9-10-27-18/h5-10,12H,4H2,1-3H3,(H2,20,25)(H,21,26)/t12-/m0/s1. The number of benzene rings is 1. The minimum absolute atomic E-state index is 0.224. The number of rotatable bonds is 7. The van der Waals surface area contributed by atoms with E-state index in [-0.39, 0.29) is 5.91 Å². The fourth-order valence-corrected chi connectivity index (χ4v) is 4.42. The Kier molecular flexibility index (Phi) is 6.15. The molecule has 0 aliphatic rings. The van der Waals surface area contributed by atoms with Gasteiger partial charge in [-0.3, -0.25) is 9.59 Å². The molecule has 28 heavy (non-hydrogen) atoms. The van der Waals surface area contributed by atoms with Gasteiger partial charge in [0, 0.05) is 12.1 Å². The van der Waals surface area contributed by atoms with E-state index in [4.69, 9.17) is 5.73 Å². The monoisotopic (exact) mass is 415 g/mol. The van der Waals surface area contributed by atoms with Crippen LogP contribution in [0.5, 0.6) is 0 Å². The lowest BCUT2D eigenvalue weighted by Gasteiger charge is -2.13. The van der Waals surface area contributed by atoms with Crippen molar-refractivity contribution in [1.29, 1.82) is 0 Å². The third kappa shape index (κ3) is 4.10. The summed E-state index contributed by atoms with van der Waals surface area (Å²) >= 11 is 2.59. The van der Waals surface area contributed by atoms with Crippen molar-refractivity contribution in [1.82, 2.24) is 14.8 Å². The topological polar surface area (TPSA) is 103 Å². The van der Waals surface area contributed by atoms with Crippen LogP contribution in [-0.2, 0) is 11.3 Å². The zero-order valence-electron chi connectivity index (χ0n) is 15.8. The van der Waals surface area contributed by atoms with Gasteiger partial charge in [0.25, 0.3) is 5.91 Å². The summed E-state index contributed by atoms with van der Waals surface area (Å²) in [6, 6.07) is 9.60. The van der Waals surface area contributed by atoms with Gasteiger partial charge in [-0.2, -0.15) is 0 Å². The van der Waals surface area contributed by atoms with Crippen molar-refractivity contribution in [2.45, 2.75) is 37.7 Å². The van der Waals surface area contributed by atoms with E-state index in [1.54, 1.807) is 18.4 Å². The Balaban J connectivity index is 1.78. The first kappa shape index (κ1) is 20.1. The maximum atomic E-state index is 12.6. The van der Waals surface area contributed by atoms with E-state index in [1.165, 1.54) is 23.1 Å². The van der Waals surface area contributed by atoms with Crippen LogP contribution in [-0.4, -0.2) is 31.8 Å². The molecule has 0 aliphatic heterocycles. The van der Waals surface area contributed by atoms with E-state index in [0.717, 1.165) is 17.0 Å². The number of aromatic nitrogens is 3. The molecule has 0 radical (unpaired) electrons. The fourth-order valence-electron chi connectivity index (χ4n) is 2.71. The molecule has 3 N–H and O–H groups in total. The lowest BCUT2D eigenvalue weighted by atomic mass is 10.1. The summed E-state index contributed by atoms with van der Waals surface area (Å²) in [6.45, 7) is 6.53. The zero-order chi connectivity index (χ0) is 20.3. The highest BCUT2D eigenvalue weighted by atomic mass is 32.2. The molecule has 146 valence electrons. The van der Waals surface area contributed by atoms with Crippen LogP contribution in [0.1, 0.15) is 29.8 Å². The Hall–Kier alpha value is -2.65. The lowest BCUT2D eigenvalue weighted by molar-refractivity contribution is -0.115. The molecule has 3 aromatic rings. The van der Waals surface area contributed by atoms with Crippen LogP contribution >= 0.6 is 23.1 Å². The number of anilines is 1. The first-order valence-corrected chi connectivity index (χ1v) is 10.5. The van der Waals surface area contributed by atoms with Crippen molar-refractivity contribution < 1.29 is 9.59 Å². The molecule has 9 heteroatoms. The summed E-state index contributed by atoms with van der Waals surface area (Å²) in [5, 5.41) is 13.8. The van der Waals surface area contributed by atoms with Gasteiger partial charge in [0.2, 0.25) is 5.91 Å². The molecule has 1 atom stereocenters. The van der Waals surface area contributed by atoms with Crippen LogP contribution in [0.25, 0.3) is 11.4 Å². The second-order valence-electron chi connectivity index (χ2n) is 6.14. The smallest absolute Gasteiger partial charge is 0.251 e. The Labute approximate surface area is 171 Å². The number of nitrogens with two attached hydrogens (primary N) is 1. The summed E-state index contributed by atoms with van der Waals surface area (Å²) in [5.74, 6) is -0.00604. The van der Waals surface area contributed by atoms with Crippen molar-refractivity contribution in [2.24, 2.45) is 5.73 Å². The molecule has 0 bridgehead atoms. The summed E-state index contributed by atoms with van der Waals surface area (Å²) in [6.07, 6.45) is 0. The number of carbonyl (C=O) groups is 2. The van der Waals surface area contributed by atoms with Gasteiger partial charge in [-0.25, -0.2) is 0 Å². The Bertz CT molecular complexity index is 1010. The van der Waals surface area contributed by atoms with Crippen LogP contribution in [0.4, 0.5) is 5.00 Å². The molecule has 3 rings (SSSR count). The first-order chi connectivity index (χ1) is 13.4. The zero-order valence-corrected chi connectivity index (χ0v) is 17.4. The minimum atomic E-state index is -0.564. The van der Waals surface area contributed by atoms with E-state index in [1.807, 2.05) is 42.7 Å². The fraction of sp³-hybridized carbons (Fsp3) is 0.263. The van der Waals surface area contributed by atoms with Crippen LogP contribution in [0.2, 0.25) is 0 Å². The van der Waals surface area contributed by atoms with E-state index in [2.05, 4.69) is 15.5 Å². The number of thiophene rings is 1. The van der Waals surface area contributed by atoms with Crippen molar-refractivity contribution in [2.75, 3.05) is 5.32 Å². The molecule has 0 fully saturated rings. The molecule has 0 aliphatic carbocycles. The molecule has 7 nitrogen and oxygen atoms in total. The molecule has 0 saturated carbocycles. The molecule has 2 heterocycles. The summed E-state index contributed by atoms with van der Waals surface area (Å²) in [5.41, 5.74) is 7.78. The summed E-state index contributed by atoms with van der Waals surface area (Å²) in [7, 11) is 0. The Morgan fingerprint density at radius 2 is 2.04 bits per heavy atom. The first-order valence-electron chi connectivity index (χ1n) is 8.76. The van der Waals surface area contributed by atoms with E-state index in [9.17, 15) is 9.59 Å². The number of hydrogen-bond donors (Lipinski definition) is 2. The van der Waals surface area contributed by atoms with Gasteiger partial charge in [-0.15, -0.1) is 21.5 Å². The van der Waals surface area contributed by atoms with Gasteiger partial charge in [-0.05, 0) is 37.8 Å². The predicted molar refractivity (Wildman–Crippen MR) is 113 cm³/mol. The highest BCUT2D eigenvalue weighted by Gasteiger charge is 2.22. The third-order valence-corrected chi connectivity index (χ3v) is 6.15. The summed E-state index contributed by atoms with van der Waals surface area (Å²) < 4.78 is 2.00. The second kappa shape index (κ2) is 8.57. The number of hydrogen-bond acceptors (Lipinski definition) is 6.